The Bertz CT molecular complexity index is 419. The molecule has 0 bridgehead atoms. The van der Waals surface area contributed by atoms with Gasteiger partial charge < -0.3 is 23.1 Å². The molecular weight excluding hydrogens is 444 g/mol. The topological polar surface area (TPSA) is 57.2 Å². The van der Waals surface area contributed by atoms with Crippen molar-refractivity contribution in [1.29, 1.82) is 0 Å². The molecule has 1 fully saturated rings. The van der Waals surface area contributed by atoms with Crippen LogP contribution < -0.4 is 0 Å². The Labute approximate surface area is 213 Å². The number of aliphatic hydroxyl groups excluding tert-OH is 1. The summed E-state index contributed by atoms with van der Waals surface area (Å²) in [5, 5.41) is 10.5. The molecule has 1 N–H and O–H groups in total. The van der Waals surface area contributed by atoms with E-state index >= 15 is 0 Å². The van der Waals surface area contributed by atoms with Crippen molar-refractivity contribution in [3.8, 4) is 0 Å². The Morgan fingerprint density at radius 3 is 1.59 bits per heavy atom. The van der Waals surface area contributed by atoms with Gasteiger partial charge in [-0.2, -0.15) is 0 Å². The molecule has 0 spiro atoms. The second-order valence-electron chi connectivity index (χ2n) is 10.3. The summed E-state index contributed by atoms with van der Waals surface area (Å²) < 4.78 is 25.7. The van der Waals surface area contributed by atoms with Gasteiger partial charge in [-0.15, -0.1) is 0 Å². The van der Waals surface area contributed by atoms with E-state index in [1.165, 1.54) is 51.4 Å². The molecule has 204 valence electrons. The minimum absolute atomic E-state index is 0.0203. The van der Waals surface area contributed by atoms with Crippen LogP contribution in [-0.4, -0.2) is 52.5 Å². The molecule has 6 heteroatoms. The number of hydrogen-bond donors (Lipinski definition) is 1. The van der Waals surface area contributed by atoms with Gasteiger partial charge >= 0.3 is 8.80 Å². The van der Waals surface area contributed by atoms with Gasteiger partial charge in [0.1, 0.15) is 0 Å². The van der Waals surface area contributed by atoms with E-state index in [1.807, 2.05) is 0 Å². The van der Waals surface area contributed by atoms with Crippen LogP contribution in [0.3, 0.4) is 0 Å². The molecule has 1 rings (SSSR count). The zero-order valence-corrected chi connectivity index (χ0v) is 24.2. The Balaban J connectivity index is 2.72. The summed E-state index contributed by atoms with van der Waals surface area (Å²) in [5.41, 5.74) is 0. The molecule has 0 aliphatic heterocycles. The molecule has 0 heterocycles. The first kappa shape index (κ1) is 32.0. The summed E-state index contributed by atoms with van der Waals surface area (Å²) in [4.78, 5) is 0. The molecule has 34 heavy (non-hydrogen) atoms. The van der Waals surface area contributed by atoms with Crippen molar-refractivity contribution < 1.29 is 23.1 Å². The van der Waals surface area contributed by atoms with E-state index in [0.717, 1.165) is 83.8 Å². The third kappa shape index (κ3) is 14.5. The first-order valence-corrected chi connectivity index (χ1v) is 16.7. The first-order valence-electron chi connectivity index (χ1n) is 14.8. The highest BCUT2D eigenvalue weighted by atomic mass is 28.4. The zero-order chi connectivity index (χ0) is 24.9. The lowest BCUT2D eigenvalue weighted by atomic mass is 9.84. The van der Waals surface area contributed by atoms with Crippen LogP contribution in [0.1, 0.15) is 130 Å². The first-order chi connectivity index (χ1) is 16.6. The molecule has 3 atom stereocenters. The van der Waals surface area contributed by atoms with Crippen LogP contribution in [0.4, 0.5) is 0 Å². The van der Waals surface area contributed by atoms with Crippen LogP contribution in [0.5, 0.6) is 0 Å². The predicted molar refractivity (Wildman–Crippen MR) is 144 cm³/mol. The normalized spacial score (nSPS) is 21.3. The number of rotatable bonds is 23. The SMILES string of the molecule is CCCCCOC1CC(CC[Si](OCCCCC)(OCCCCC)OCCCCC)CCC1O. The van der Waals surface area contributed by atoms with Gasteiger partial charge in [-0.3, -0.25) is 0 Å². The molecule has 1 saturated carbocycles. The third-order valence-electron chi connectivity index (χ3n) is 7.01. The maximum atomic E-state index is 10.5. The van der Waals surface area contributed by atoms with Crippen molar-refractivity contribution in [3.05, 3.63) is 0 Å². The lowest BCUT2D eigenvalue weighted by Gasteiger charge is -2.35. The van der Waals surface area contributed by atoms with Gasteiger partial charge in [-0.1, -0.05) is 79.1 Å². The van der Waals surface area contributed by atoms with Gasteiger partial charge in [-0.05, 0) is 57.3 Å². The summed E-state index contributed by atoms with van der Waals surface area (Å²) in [5.74, 6) is 0.546. The van der Waals surface area contributed by atoms with Crippen molar-refractivity contribution in [2.45, 2.75) is 149 Å². The summed E-state index contributed by atoms with van der Waals surface area (Å²) >= 11 is 0. The Morgan fingerprint density at radius 2 is 1.12 bits per heavy atom. The van der Waals surface area contributed by atoms with Crippen molar-refractivity contribution in [2.24, 2.45) is 5.92 Å². The van der Waals surface area contributed by atoms with E-state index in [4.69, 9.17) is 18.0 Å². The lowest BCUT2D eigenvalue weighted by Crippen LogP contribution is -2.47. The molecule has 1 aliphatic carbocycles. The number of aliphatic hydroxyl groups is 1. The molecule has 0 aromatic heterocycles. The van der Waals surface area contributed by atoms with E-state index in [1.54, 1.807) is 0 Å². The largest absolute Gasteiger partial charge is 0.500 e. The summed E-state index contributed by atoms with van der Waals surface area (Å²) in [6.45, 7) is 11.9. The van der Waals surface area contributed by atoms with Crippen molar-refractivity contribution in [2.75, 3.05) is 26.4 Å². The molecule has 0 amide bonds. The number of unbranched alkanes of at least 4 members (excludes halogenated alkanes) is 8. The van der Waals surface area contributed by atoms with Gasteiger partial charge in [0, 0.05) is 32.5 Å². The maximum absolute atomic E-state index is 10.5. The molecule has 3 unspecified atom stereocenters. The van der Waals surface area contributed by atoms with Gasteiger partial charge in [0.05, 0.1) is 12.2 Å². The molecule has 0 aromatic carbocycles. The van der Waals surface area contributed by atoms with Gasteiger partial charge in [0.15, 0.2) is 0 Å². The van der Waals surface area contributed by atoms with E-state index in [9.17, 15) is 5.11 Å². The standard InChI is InChI=1S/C28H58O5Si/c1-5-9-13-20-30-28-25-26(17-18-27(28)29)19-24-34(31-21-14-10-6-2,32-22-15-11-7-3)33-23-16-12-8-4/h26-29H,5-25H2,1-4H3. The smallest absolute Gasteiger partial charge is 0.390 e. The van der Waals surface area contributed by atoms with Gasteiger partial charge in [0.25, 0.3) is 0 Å². The van der Waals surface area contributed by atoms with E-state index in [2.05, 4.69) is 27.7 Å². The monoisotopic (exact) mass is 502 g/mol. The molecule has 0 radical (unpaired) electrons. The van der Waals surface area contributed by atoms with Gasteiger partial charge in [0.2, 0.25) is 0 Å². The Morgan fingerprint density at radius 1 is 0.647 bits per heavy atom. The average molecular weight is 503 g/mol. The fourth-order valence-corrected chi connectivity index (χ4v) is 7.50. The van der Waals surface area contributed by atoms with Gasteiger partial charge in [-0.25, -0.2) is 0 Å². The molecule has 5 nitrogen and oxygen atoms in total. The zero-order valence-electron chi connectivity index (χ0n) is 23.2. The second-order valence-corrected chi connectivity index (χ2v) is 13.0. The van der Waals surface area contributed by atoms with Crippen LogP contribution in [0.2, 0.25) is 6.04 Å². The highest BCUT2D eigenvalue weighted by Gasteiger charge is 2.42. The highest BCUT2D eigenvalue weighted by Crippen LogP contribution is 2.33. The molecule has 0 aromatic rings. The number of hydrogen-bond acceptors (Lipinski definition) is 5. The molecule has 0 saturated heterocycles. The minimum atomic E-state index is -2.71. The van der Waals surface area contributed by atoms with Crippen LogP contribution in [-0.2, 0) is 18.0 Å². The molecular formula is C28H58O5Si. The average Bonchev–Trinajstić information content (AvgIpc) is 2.85. The predicted octanol–water partition coefficient (Wildman–Crippen LogP) is 7.67. The van der Waals surface area contributed by atoms with Crippen LogP contribution in [0.15, 0.2) is 0 Å². The maximum Gasteiger partial charge on any atom is 0.500 e. The highest BCUT2D eigenvalue weighted by molar-refractivity contribution is 6.60. The van der Waals surface area contributed by atoms with E-state index in [-0.39, 0.29) is 12.2 Å². The Kier molecular flexibility index (Phi) is 19.9. The van der Waals surface area contributed by atoms with E-state index < -0.39 is 8.80 Å². The van der Waals surface area contributed by atoms with Crippen molar-refractivity contribution in [1.82, 2.24) is 0 Å². The summed E-state index contributed by atoms with van der Waals surface area (Å²) in [7, 11) is -2.71. The number of ether oxygens (including phenoxy) is 1. The summed E-state index contributed by atoms with van der Waals surface area (Å²) in [6.07, 6.45) is 17.4. The summed E-state index contributed by atoms with van der Waals surface area (Å²) in [6, 6.07) is 0.890. The Hall–Kier alpha value is 0.0169. The van der Waals surface area contributed by atoms with Crippen molar-refractivity contribution >= 4 is 8.80 Å². The second kappa shape index (κ2) is 21.1. The third-order valence-corrected chi connectivity index (χ3v) is 9.85. The molecule has 1 aliphatic rings. The lowest BCUT2D eigenvalue weighted by molar-refractivity contribution is -0.0728. The van der Waals surface area contributed by atoms with Crippen LogP contribution >= 0.6 is 0 Å². The van der Waals surface area contributed by atoms with Crippen molar-refractivity contribution in [3.63, 3.8) is 0 Å². The van der Waals surface area contributed by atoms with E-state index in [0.29, 0.717) is 5.92 Å². The fourth-order valence-electron chi connectivity index (χ4n) is 4.69. The quantitative estimate of drug-likeness (QED) is 0.115. The fraction of sp³-hybridized carbons (Fsp3) is 1.00. The minimum Gasteiger partial charge on any atom is -0.390 e. The van der Waals surface area contributed by atoms with Crippen LogP contribution in [0.25, 0.3) is 0 Å². The van der Waals surface area contributed by atoms with Crippen LogP contribution in [0, 0.1) is 5.92 Å².